The Balaban J connectivity index is 1.65. The highest BCUT2D eigenvalue weighted by Gasteiger charge is 2.37. The summed E-state index contributed by atoms with van der Waals surface area (Å²) in [5.41, 5.74) is -1.05. The SMILES string of the molecule is CCc1ccccc1NC(=O)CNC(=O)Cn1nc(C2CC2)cc(C(F)(F)F)c1=O. The maximum Gasteiger partial charge on any atom is 0.421 e. The number of benzene rings is 1. The van der Waals surface area contributed by atoms with Crippen molar-refractivity contribution in [2.75, 3.05) is 11.9 Å². The van der Waals surface area contributed by atoms with Crippen LogP contribution in [0.15, 0.2) is 35.1 Å². The summed E-state index contributed by atoms with van der Waals surface area (Å²) >= 11 is 0. The fourth-order valence-corrected chi connectivity index (χ4v) is 2.97. The third-order valence-electron chi connectivity index (χ3n) is 4.71. The lowest BCUT2D eigenvalue weighted by molar-refractivity contribution is -0.139. The molecule has 2 aromatic rings. The lowest BCUT2D eigenvalue weighted by Crippen LogP contribution is -2.39. The smallest absolute Gasteiger partial charge is 0.345 e. The average Bonchev–Trinajstić information content (AvgIpc) is 3.53. The van der Waals surface area contributed by atoms with Gasteiger partial charge in [0.05, 0.1) is 12.2 Å². The minimum absolute atomic E-state index is 0.134. The summed E-state index contributed by atoms with van der Waals surface area (Å²) in [6.45, 7) is 0.837. The highest BCUT2D eigenvalue weighted by Crippen LogP contribution is 2.40. The molecule has 0 unspecified atom stereocenters. The number of aromatic nitrogens is 2. The molecule has 1 aliphatic carbocycles. The molecule has 1 aromatic heterocycles. The van der Waals surface area contributed by atoms with Crippen LogP contribution in [0.4, 0.5) is 18.9 Å². The molecule has 7 nitrogen and oxygen atoms in total. The van der Waals surface area contributed by atoms with Gasteiger partial charge in [0.25, 0.3) is 5.56 Å². The molecule has 0 saturated heterocycles. The van der Waals surface area contributed by atoms with Crippen LogP contribution in [0.25, 0.3) is 0 Å². The predicted molar refractivity (Wildman–Crippen MR) is 103 cm³/mol. The lowest BCUT2D eigenvalue weighted by atomic mass is 10.1. The fraction of sp³-hybridized carbons (Fsp3) is 0.400. The van der Waals surface area contributed by atoms with Crippen LogP contribution in [0.5, 0.6) is 0 Å². The molecule has 2 N–H and O–H groups in total. The minimum atomic E-state index is -4.84. The molecular formula is C20H21F3N4O3. The number of rotatable bonds is 7. The van der Waals surface area contributed by atoms with Gasteiger partial charge in [0.2, 0.25) is 11.8 Å². The number of nitrogens with zero attached hydrogens (tertiary/aromatic N) is 2. The molecule has 1 aliphatic rings. The maximum atomic E-state index is 13.2. The van der Waals surface area contributed by atoms with Gasteiger partial charge in [0.15, 0.2) is 0 Å². The number of alkyl halides is 3. The van der Waals surface area contributed by atoms with Gasteiger partial charge in [-0.2, -0.15) is 18.3 Å². The molecule has 1 aromatic carbocycles. The number of carbonyl (C=O) groups is 2. The van der Waals surface area contributed by atoms with Gasteiger partial charge in [0.1, 0.15) is 12.1 Å². The van der Waals surface area contributed by atoms with Gasteiger partial charge in [-0.3, -0.25) is 14.4 Å². The minimum Gasteiger partial charge on any atom is -0.345 e. The van der Waals surface area contributed by atoms with Crippen molar-refractivity contribution in [3.05, 3.63) is 57.5 Å². The van der Waals surface area contributed by atoms with Crippen LogP contribution >= 0.6 is 0 Å². The number of aryl methyl sites for hydroxylation is 1. The molecule has 1 heterocycles. The number of hydrogen-bond acceptors (Lipinski definition) is 4. The number of carbonyl (C=O) groups excluding carboxylic acids is 2. The van der Waals surface area contributed by atoms with E-state index < -0.39 is 35.7 Å². The maximum absolute atomic E-state index is 13.2. The Morgan fingerprint density at radius 1 is 1.20 bits per heavy atom. The van der Waals surface area contributed by atoms with Crippen LogP contribution in [0, 0.1) is 0 Å². The van der Waals surface area contributed by atoms with Crippen molar-refractivity contribution in [3.8, 4) is 0 Å². The van der Waals surface area contributed by atoms with E-state index in [-0.39, 0.29) is 18.2 Å². The van der Waals surface area contributed by atoms with Gasteiger partial charge in [-0.1, -0.05) is 25.1 Å². The fourth-order valence-electron chi connectivity index (χ4n) is 2.97. The number of halogens is 3. The molecule has 2 amide bonds. The molecule has 0 radical (unpaired) electrons. The van der Waals surface area contributed by atoms with Crippen molar-refractivity contribution in [2.24, 2.45) is 0 Å². The Morgan fingerprint density at radius 3 is 2.53 bits per heavy atom. The molecule has 0 aliphatic heterocycles. The topological polar surface area (TPSA) is 93.1 Å². The van der Waals surface area contributed by atoms with Crippen molar-refractivity contribution in [1.82, 2.24) is 15.1 Å². The van der Waals surface area contributed by atoms with Crippen molar-refractivity contribution >= 4 is 17.5 Å². The van der Waals surface area contributed by atoms with Gasteiger partial charge in [-0.15, -0.1) is 0 Å². The van der Waals surface area contributed by atoms with Gasteiger partial charge >= 0.3 is 6.18 Å². The first-order chi connectivity index (χ1) is 14.2. The van der Waals surface area contributed by atoms with E-state index in [4.69, 9.17) is 0 Å². The number of para-hydroxylation sites is 1. The molecule has 30 heavy (non-hydrogen) atoms. The van der Waals surface area contributed by atoms with E-state index in [1.165, 1.54) is 0 Å². The third-order valence-corrected chi connectivity index (χ3v) is 4.71. The lowest BCUT2D eigenvalue weighted by Gasteiger charge is -2.13. The van der Waals surface area contributed by atoms with E-state index in [2.05, 4.69) is 15.7 Å². The van der Waals surface area contributed by atoms with Gasteiger partial charge < -0.3 is 10.6 Å². The number of anilines is 1. The number of hydrogen-bond donors (Lipinski definition) is 2. The zero-order valence-electron chi connectivity index (χ0n) is 16.3. The first-order valence-corrected chi connectivity index (χ1v) is 9.52. The molecule has 10 heteroatoms. The predicted octanol–water partition coefficient (Wildman–Crippen LogP) is 2.46. The van der Waals surface area contributed by atoms with Crippen LogP contribution in [-0.2, 0) is 28.7 Å². The number of nitrogens with one attached hydrogen (secondary N) is 2. The molecule has 0 bridgehead atoms. The normalized spacial score (nSPS) is 13.7. The molecule has 3 rings (SSSR count). The molecule has 1 fully saturated rings. The first kappa shape index (κ1) is 21.5. The van der Waals surface area contributed by atoms with E-state index in [1.807, 2.05) is 19.1 Å². The summed E-state index contributed by atoms with van der Waals surface area (Å²) in [6, 6.07) is 7.94. The summed E-state index contributed by atoms with van der Waals surface area (Å²) in [4.78, 5) is 36.3. The second-order valence-electron chi connectivity index (χ2n) is 7.05. The Kier molecular flexibility index (Phi) is 6.23. The van der Waals surface area contributed by atoms with E-state index in [1.54, 1.807) is 12.1 Å². The van der Waals surface area contributed by atoms with Crippen molar-refractivity contribution in [3.63, 3.8) is 0 Å². The highest BCUT2D eigenvalue weighted by atomic mass is 19.4. The van der Waals surface area contributed by atoms with Gasteiger partial charge in [0, 0.05) is 11.6 Å². The Labute approximate surface area is 170 Å². The molecule has 160 valence electrons. The van der Waals surface area contributed by atoms with E-state index in [0.717, 1.165) is 11.6 Å². The summed E-state index contributed by atoms with van der Waals surface area (Å²) in [5.74, 6) is -1.41. The molecular weight excluding hydrogens is 401 g/mol. The summed E-state index contributed by atoms with van der Waals surface area (Å²) in [5, 5.41) is 8.88. The van der Waals surface area contributed by atoms with Gasteiger partial charge in [-0.05, 0) is 37.0 Å². The van der Waals surface area contributed by atoms with Crippen molar-refractivity contribution < 1.29 is 22.8 Å². The summed E-state index contributed by atoms with van der Waals surface area (Å²) in [6.07, 6.45) is -2.76. The summed E-state index contributed by atoms with van der Waals surface area (Å²) < 4.78 is 40.0. The monoisotopic (exact) mass is 422 g/mol. The average molecular weight is 422 g/mol. The number of amides is 2. The second-order valence-corrected chi connectivity index (χ2v) is 7.05. The molecule has 1 saturated carbocycles. The van der Waals surface area contributed by atoms with E-state index in [9.17, 15) is 27.6 Å². The van der Waals surface area contributed by atoms with Crippen LogP contribution in [0.1, 0.15) is 42.5 Å². The molecule has 0 atom stereocenters. The van der Waals surface area contributed by atoms with E-state index in [0.29, 0.717) is 29.6 Å². The Morgan fingerprint density at radius 2 is 1.90 bits per heavy atom. The van der Waals surface area contributed by atoms with Crippen LogP contribution in [0.3, 0.4) is 0 Å². The zero-order chi connectivity index (χ0) is 21.9. The van der Waals surface area contributed by atoms with Gasteiger partial charge in [-0.25, -0.2) is 4.68 Å². The highest BCUT2D eigenvalue weighted by molar-refractivity contribution is 5.95. The standard InChI is InChI=1S/C20H21F3N4O3/c1-2-12-5-3-4-6-15(12)25-17(28)10-24-18(29)11-27-19(30)14(20(21,22)23)9-16(26-27)13-7-8-13/h3-6,9,13H,2,7-8,10-11H2,1H3,(H,24,29)(H,25,28). The van der Waals surface area contributed by atoms with Crippen LogP contribution in [0.2, 0.25) is 0 Å². The summed E-state index contributed by atoms with van der Waals surface area (Å²) in [7, 11) is 0. The van der Waals surface area contributed by atoms with E-state index >= 15 is 0 Å². The largest absolute Gasteiger partial charge is 0.421 e. The quantitative estimate of drug-likeness (QED) is 0.717. The molecule has 0 spiro atoms. The second kappa shape index (κ2) is 8.68. The first-order valence-electron chi connectivity index (χ1n) is 9.52. The van der Waals surface area contributed by atoms with Crippen molar-refractivity contribution in [2.45, 2.75) is 44.8 Å². The van der Waals surface area contributed by atoms with Crippen molar-refractivity contribution in [1.29, 1.82) is 0 Å². The van der Waals surface area contributed by atoms with Crippen LogP contribution in [-0.4, -0.2) is 28.1 Å². The Bertz CT molecular complexity index is 1010. The Hall–Kier alpha value is -3.17. The zero-order valence-corrected chi connectivity index (χ0v) is 16.3. The third kappa shape index (κ3) is 5.25. The van der Waals surface area contributed by atoms with Crippen LogP contribution < -0.4 is 16.2 Å².